The largest absolute Gasteiger partial charge is 0.495 e. The van der Waals surface area contributed by atoms with E-state index in [1.165, 1.54) is 31.6 Å². The fourth-order valence-corrected chi connectivity index (χ4v) is 3.71. The highest BCUT2D eigenvalue weighted by Gasteiger charge is 2.40. The number of nitrogens with zero attached hydrogens (tertiary/aromatic N) is 2. The lowest BCUT2D eigenvalue weighted by Gasteiger charge is -2.27. The monoisotopic (exact) mass is 489 g/mol. The predicted octanol–water partition coefficient (Wildman–Crippen LogP) is 4.10. The van der Waals surface area contributed by atoms with Crippen LogP contribution in [0.3, 0.4) is 0 Å². The molecule has 11 heteroatoms. The number of aryl methyl sites for hydroxylation is 1. The van der Waals surface area contributed by atoms with E-state index in [1.54, 1.807) is 37.3 Å². The van der Waals surface area contributed by atoms with Gasteiger partial charge in [0.1, 0.15) is 23.9 Å². The second-order valence-electron chi connectivity index (χ2n) is 7.37. The van der Waals surface area contributed by atoms with E-state index in [4.69, 9.17) is 25.1 Å². The SMILES string of the molecule is COc1cncc(-c2cc(C3(c4ccc(OC(F)F)c(C)c4)COC(N)=N3)ccc2F)c1.O=CO. The molecule has 35 heavy (non-hydrogen) atoms. The molecule has 3 N–H and O–H groups in total. The molecule has 0 saturated carbocycles. The Morgan fingerprint density at radius 2 is 1.86 bits per heavy atom. The minimum atomic E-state index is -2.94. The third-order valence-electron chi connectivity index (χ3n) is 5.30. The normalized spacial score (nSPS) is 16.6. The van der Waals surface area contributed by atoms with Gasteiger partial charge in [-0.15, -0.1) is 0 Å². The van der Waals surface area contributed by atoms with E-state index in [-0.39, 0.29) is 24.9 Å². The lowest BCUT2D eigenvalue weighted by atomic mass is 9.82. The highest BCUT2D eigenvalue weighted by molar-refractivity contribution is 5.76. The fourth-order valence-electron chi connectivity index (χ4n) is 3.71. The van der Waals surface area contributed by atoms with Crippen LogP contribution < -0.4 is 15.2 Å². The molecule has 8 nitrogen and oxygen atoms in total. The van der Waals surface area contributed by atoms with Gasteiger partial charge in [-0.2, -0.15) is 8.78 Å². The van der Waals surface area contributed by atoms with Crippen LogP contribution in [-0.4, -0.2) is 42.9 Å². The van der Waals surface area contributed by atoms with Gasteiger partial charge in [0, 0.05) is 17.3 Å². The van der Waals surface area contributed by atoms with Crippen LogP contribution in [0.4, 0.5) is 13.2 Å². The third-order valence-corrected chi connectivity index (χ3v) is 5.30. The Bertz CT molecular complexity index is 1240. The molecule has 1 unspecified atom stereocenters. The Kier molecular flexibility index (Phi) is 7.80. The topological polar surface area (TPSA) is 116 Å². The summed E-state index contributed by atoms with van der Waals surface area (Å²) in [6.45, 7) is -1.47. The van der Waals surface area contributed by atoms with Gasteiger partial charge in [0.25, 0.3) is 12.5 Å². The second kappa shape index (κ2) is 10.8. The maximum atomic E-state index is 14.8. The summed E-state index contributed by atoms with van der Waals surface area (Å²) in [7, 11) is 1.50. The van der Waals surface area contributed by atoms with E-state index in [0.29, 0.717) is 33.6 Å². The highest BCUT2D eigenvalue weighted by atomic mass is 19.3. The average molecular weight is 489 g/mol. The molecule has 0 radical (unpaired) electrons. The number of benzene rings is 2. The van der Waals surface area contributed by atoms with Crippen molar-refractivity contribution in [2.24, 2.45) is 10.7 Å². The Morgan fingerprint density at radius 3 is 2.46 bits per heavy atom. The maximum absolute atomic E-state index is 14.8. The van der Waals surface area contributed by atoms with Crippen molar-refractivity contribution in [3.63, 3.8) is 0 Å². The molecule has 1 atom stereocenters. The number of methoxy groups -OCH3 is 1. The molecular weight excluding hydrogens is 467 g/mol. The number of aliphatic imine (C=N–C) groups is 1. The maximum Gasteiger partial charge on any atom is 0.387 e. The van der Waals surface area contributed by atoms with Crippen molar-refractivity contribution in [2.75, 3.05) is 13.7 Å². The van der Waals surface area contributed by atoms with Gasteiger partial charge < -0.3 is 25.1 Å². The molecule has 1 aliphatic rings. The van der Waals surface area contributed by atoms with Gasteiger partial charge in [-0.1, -0.05) is 12.1 Å². The number of carbonyl (C=O) groups is 1. The molecule has 0 spiro atoms. The molecular formula is C24H22F3N3O5. The number of ether oxygens (including phenoxy) is 3. The van der Waals surface area contributed by atoms with E-state index in [1.807, 2.05) is 0 Å². The first kappa shape index (κ1) is 25.3. The zero-order valence-electron chi connectivity index (χ0n) is 18.7. The fraction of sp³-hybridized carbons (Fsp3) is 0.208. The number of halogens is 3. The number of carboxylic acid groups (broad SMARTS) is 1. The molecule has 0 saturated heterocycles. The third kappa shape index (κ3) is 5.45. The molecule has 0 fully saturated rings. The van der Waals surface area contributed by atoms with Gasteiger partial charge >= 0.3 is 6.61 Å². The van der Waals surface area contributed by atoms with E-state index >= 15 is 0 Å². The van der Waals surface area contributed by atoms with Crippen LogP contribution in [0.15, 0.2) is 59.9 Å². The predicted molar refractivity (Wildman–Crippen MR) is 121 cm³/mol. The zero-order valence-corrected chi connectivity index (χ0v) is 18.7. The summed E-state index contributed by atoms with van der Waals surface area (Å²) in [6, 6.07) is 11.0. The summed E-state index contributed by atoms with van der Waals surface area (Å²) >= 11 is 0. The van der Waals surface area contributed by atoms with Crippen LogP contribution in [0, 0.1) is 12.7 Å². The molecule has 0 aliphatic carbocycles. The molecule has 1 aromatic heterocycles. The first-order valence-electron chi connectivity index (χ1n) is 10.2. The Hall–Kier alpha value is -4.28. The molecule has 0 amide bonds. The summed E-state index contributed by atoms with van der Waals surface area (Å²) in [6.07, 6.45) is 3.05. The number of pyridine rings is 1. The first-order chi connectivity index (χ1) is 16.7. The number of aromatic nitrogens is 1. The zero-order chi connectivity index (χ0) is 25.6. The molecule has 2 aromatic carbocycles. The Labute approximate surface area is 198 Å². The van der Waals surface area contributed by atoms with Crippen molar-refractivity contribution < 1.29 is 37.3 Å². The van der Waals surface area contributed by atoms with Gasteiger partial charge in [-0.3, -0.25) is 9.78 Å². The minimum Gasteiger partial charge on any atom is -0.495 e. The quantitative estimate of drug-likeness (QED) is 0.501. The highest BCUT2D eigenvalue weighted by Crippen LogP contribution is 2.41. The molecule has 1 aliphatic heterocycles. The summed E-state index contributed by atoms with van der Waals surface area (Å²) in [4.78, 5) is 17.0. The lowest BCUT2D eigenvalue weighted by molar-refractivity contribution is -0.122. The molecule has 0 bridgehead atoms. The smallest absolute Gasteiger partial charge is 0.387 e. The molecule has 184 valence electrons. The van der Waals surface area contributed by atoms with Gasteiger partial charge in [0.2, 0.25) is 0 Å². The number of hydrogen-bond acceptors (Lipinski definition) is 7. The number of nitrogens with two attached hydrogens (primary N) is 1. The summed E-state index contributed by atoms with van der Waals surface area (Å²) in [5.41, 5.74) is 7.30. The van der Waals surface area contributed by atoms with Gasteiger partial charge in [-0.25, -0.2) is 9.38 Å². The van der Waals surface area contributed by atoms with Crippen LogP contribution in [0.1, 0.15) is 16.7 Å². The van der Waals surface area contributed by atoms with E-state index < -0.39 is 18.0 Å². The number of hydrogen-bond donors (Lipinski definition) is 2. The summed E-state index contributed by atoms with van der Waals surface area (Å²) in [5.74, 6) is 0.0856. The Balaban J connectivity index is 0.00000108. The van der Waals surface area contributed by atoms with E-state index in [0.717, 1.165) is 0 Å². The van der Waals surface area contributed by atoms with Crippen LogP contribution in [0.25, 0.3) is 11.1 Å². The average Bonchev–Trinajstić information content (AvgIpc) is 3.23. The van der Waals surface area contributed by atoms with E-state index in [2.05, 4.69) is 14.7 Å². The number of rotatable bonds is 6. The lowest BCUT2D eigenvalue weighted by Crippen LogP contribution is -2.27. The van der Waals surface area contributed by atoms with Crippen LogP contribution in [0.5, 0.6) is 11.5 Å². The van der Waals surface area contributed by atoms with Crippen molar-refractivity contribution >= 4 is 12.5 Å². The minimum absolute atomic E-state index is 0.0236. The molecule has 3 aromatic rings. The van der Waals surface area contributed by atoms with Crippen molar-refractivity contribution in [1.82, 2.24) is 4.98 Å². The van der Waals surface area contributed by atoms with Crippen LogP contribution >= 0.6 is 0 Å². The van der Waals surface area contributed by atoms with E-state index in [9.17, 15) is 13.2 Å². The van der Waals surface area contributed by atoms with Crippen molar-refractivity contribution in [2.45, 2.75) is 19.1 Å². The van der Waals surface area contributed by atoms with Gasteiger partial charge in [0.05, 0.1) is 13.3 Å². The number of amidine groups is 1. The number of alkyl halides is 2. The summed E-state index contributed by atoms with van der Waals surface area (Å²) < 4.78 is 55.3. The Morgan fingerprint density at radius 1 is 1.17 bits per heavy atom. The molecule has 4 rings (SSSR count). The van der Waals surface area contributed by atoms with Crippen LogP contribution in [-0.2, 0) is 15.1 Å². The summed E-state index contributed by atoms with van der Waals surface area (Å²) in [5, 5.41) is 6.89. The van der Waals surface area contributed by atoms with Crippen molar-refractivity contribution in [3.05, 3.63) is 77.4 Å². The first-order valence-corrected chi connectivity index (χ1v) is 10.2. The van der Waals surface area contributed by atoms with Crippen molar-refractivity contribution in [1.29, 1.82) is 0 Å². The van der Waals surface area contributed by atoms with Gasteiger partial charge in [-0.05, 0) is 53.9 Å². The molecule has 2 heterocycles. The van der Waals surface area contributed by atoms with Crippen LogP contribution in [0.2, 0.25) is 0 Å². The van der Waals surface area contributed by atoms with Gasteiger partial charge in [0.15, 0.2) is 5.54 Å². The standard InChI is InChI=1S/C23H20F3N3O3.CH2O2/c1-13-7-15(4-6-20(13)32-21(25)26)23(12-31-22(27)29-23)16-3-5-19(24)18(9-16)14-8-17(30-2)11-28-10-14;2-1-3/h3-11,21H,12H2,1-2H3,(H2,27,29);1H,(H,2,3). The second-order valence-corrected chi connectivity index (χ2v) is 7.37. The van der Waals surface area contributed by atoms with Crippen molar-refractivity contribution in [3.8, 4) is 22.6 Å².